The summed E-state index contributed by atoms with van der Waals surface area (Å²) in [4.78, 5) is 20.4. The summed E-state index contributed by atoms with van der Waals surface area (Å²) in [6, 6.07) is 2.02. The van der Waals surface area contributed by atoms with Gasteiger partial charge < -0.3 is 10.4 Å². The molecular formula is C11H11F3N2O4. The lowest BCUT2D eigenvalue weighted by molar-refractivity contribution is -0.384. The Hall–Kier alpha value is -2.32. The lowest BCUT2D eigenvalue weighted by atomic mass is 10.1. The van der Waals surface area contributed by atoms with E-state index in [1.807, 2.05) is 0 Å². The molecule has 0 amide bonds. The summed E-state index contributed by atoms with van der Waals surface area (Å²) in [5.41, 5.74) is -2.05. The maximum atomic E-state index is 12.5. The second kappa shape index (κ2) is 5.76. The number of hydrogen-bond acceptors (Lipinski definition) is 4. The highest BCUT2D eigenvalue weighted by atomic mass is 19.4. The second-order valence-corrected chi connectivity index (χ2v) is 4.11. The third-order valence-electron chi connectivity index (χ3n) is 2.54. The summed E-state index contributed by atoms with van der Waals surface area (Å²) in [5.74, 6) is -1.95. The molecule has 0 aliphatic carbocycles. The normalized spacial score (nSPS) is 12.8. The summed E-state index contributed by atoms with van der Waals surface area (Å²) >= 11 is 0. The number of carboxylic acid groups (broad SMARTS) is 1. The molecule has 0 saturated carbocycles. The van der Waals surface area contributed by atoms with Crippen LogP contribution in [0.2, 0.25) is 0 Å². The van der Waals surface area contributed by atoms with Gasteiger partial charge in [-0.05, 0) is 12.1 Å². The Morgan fingerprint density at radius 1 is 1.50 bits per heavy atom. The maximum Gasteiger partial charge on any atom is 0.416 e. The van der Waals surface area contributed by atoms with Gasteiger partial charge in [-0.1, -0.05) is 6.92 Å². The third kappa shape index (κ3) is 3.84. The van der Waals surface area contributed by atoms with Crippen molar-refractivity contribution in [3.05, 3.63) is 33.9 Å². The minimum atomic E-state index is -4.68. The molecule has 1 aromatic rings. The van der Waals surface area contributed by atoms with Gasteiger partial charge in [-0.15, -0.1) is 0 Å². The van der Waals surface area contributed by atoms with Crippen molar-refractivity contribution < 1.29 is 28.0 Å². The second-order valence-electron chi connectivity index (χ2n) is 4.11. The Labute approximate surface area is 111 Å². The molecule has 0 radical (unpaired) electrons. The van der Waals surface area contributed by atoms with Crippen molar-refractivity contribution in [2.45, 2.75) is 13.1 Å². The number of nitrogens with one attached hydrogen (secondary N) is 1. The number of alkyl halides is 3. The van der Waals surface area contributed by atoms with Crippen LogP contribution in [0.25, 0.3) is 0 Å². The zero-order valence-corrected chi connectivity index (χ0v) is 10.3. The van der Waals surface area contributed by atoms with Gasteiger partial charge in [-0.2, -0.15) is 13.2 Å². The van der Waals surface area contributed by atoms with Crippen LogP contribution in [0.15, 0.2) is 18.2 Å². The van der Waals surface area contributed by atoms with Crippen LogP contribution in [0, 0.1) is 16.0 Å². The predicted octanol–water partition coefficient (Wildman–Crippen LogP) is 2.75. The van der Waals surface area contributed by atoms with Crippen LogP contribution in [0.1, 0.15) is 12.5 Å². The van der Waals surface area contributed by atoms with Gasteiger partial charge in [0.2, 0.25) is 0 Å². The van der Waals surface area contributed by atoms with Crippen molar-refractivity contribution in [3.63, 3.8) is 0 Å². The third-order valence-corrected chi connectivity index (χ3v) is 2.54. The summed E-state index contributed by atoms with van der Waals surface area (Å²) in [5, 5.41) is 21.9. The SMILES string of the molecule is CC(CNc1ccc(C(F)(F)F)cc1[N+](=O)[O-])C(=O)O. The van der Waals surface area contributed by atoms with Gasteiger partial charge in [-0.25, -0.2) is 0 Å². The largest absolute Gasteiger partial charge is 0.481 e. The number of aliphatic carboxylic acids is 1. The molecule has 0 aromatic heterocycles. The van der Waals surface area contributed by atoms with E-state index in [0.29, 0.717) is 12.1 Å². The van der Waals surface area contributed by atoms with Crippen LogP contribution in [-0.2, 0) is 11.0 Å². The van der Waals surface area contributed by atoms with Crippen molar-refractivity contribution in [2.75, 3.05) is 11.9 Å². The number of nitro groups is 1. The Morgan fingerprint density at radius 2 is 2.10 bits per heavy atom. The molecular weight excluding hydrogens is 281 g/mol. The molecule has 20 heavy (non-hydrogen) atoms. The first-order valence-electron chi connectivity index (χ1n) is 5.45. The number of benzene rings is 1. The molecule has 9 heteroatoms. The van der Waals surface area contributed by atoms with E-state index >= 15 is 0 Å². The molecule has 1 rings (SSSR count). The number of nitrogens with zero attached hydrogens (tertiary/aromatic N) is 1. The van der Waals surface area contributed by atoms with Crippen molar-refractivity contribution in [3.8, 4) is 0 Å². The molecule has 6 nitrogen and oxygen atoms in total. The first-order chi connectivity index (χ1) is 9.12. The first kappa shape index (κ1) is 15.7. The fourth-order valence-electron chi connectivity index (χ4n) is 1.36. The van der Waals surface area contributed by atoms with Gasteiger partial charge in [0.1, 0.15) is 5.69 Å². The minimum Gasteiger partial charge on any atom is -0.481 e. The zero-order valence-electron chi connectivity index (χ0n) is 10.3. The number of nitro benzene ring substituents is 1. The monoisotopic (exact) mass is 292 g/mol. The van der Waals surface area contributed by atoms with E-state index in [1.165, 1.54) is 6.92 Å². The van der Waals surface area contributed by atoms with E-state index in [9.17, 15) is 28.1 Å². The smallest absolute Gasteiger partial charge is 0.416 e. The van der Waals surface area contributed by atoms with E-state index in [4.69, 9.17) is 5.11 Å². The lowest BCUT2D eigenvalue weighted by Crippen LogP contribution is -2.20. The summed E-state index contributed by atoms with van der Waals surface area (Å²) < 4.78 is 37.4. The van der Waals surface area contributed by atoms with Crippen molar-refractivity contribution in [2.24, 2.45) is 5.92 Å². The molecule has 2 N–H and O–H groups in total. The van der Waals surface area contributed by atoms with E-state index in [0.717, 1.165) is 6.07 Å². The number of hydrogen-bond donors (Lipinski definition) is 2. The fraction of sp³-hybridized carbons (Fsp3) is 0.364. The number of anilines is 1. The molecule has 0 saturated heterocycles. The molecule has 1 aromatic carbocycles. The number of carbonyl (C=O) groups is 1. The molecule has 0 heterocycles. The quantitative estimate of drug-likeness (QED) is 0.643. The summed E-state index contributed by atoms with van der Waals surface area (Å²) in [7, 11) is 0. The average molecular weight is 292 g/mol. The topological polar surface area (TPSA) is 92.5 Å². The lowest BCUT2D eigenvalue weighted by Gasteiger charge is -2.12. The molecule has 0 aliphatic rings. The van der Waals surface area contributed by atoms with Crippen molar-refractivity contribution >= 4 is 17.3 Å². The van der Waals surface area contributed by atoms with Gasteiger partial charge in [-0.3, -0.25) is 14.9 Å². The van der Waals surface area contributed by atoms with Gasteiger partial charge >= 0.3 is 12.1 Å². The fourth-order valence-corrected chi connectivity index (χ4v) is 1.36. The van der Waals surface area contributed by atoms with E-state index in [-0.39, 0.29) is 12.2 Å². The van der Waals surface area contributed by atoms with E-state index < -0.39 is 34.2 Å². The average Bonchev–Trinajstić information content (AvgIpc) is 2.34. The Balaban J connectivity index is 3.02. The van der Waals surface area contributed by atoms with Crippen LogP contribution in [0.3, 0.4) is 0 Å². The van der Waals surface area contributed by atoms with Gasteiger partial charge in [0.05, 0.1) is 16.4 Å². The van der Waals surface area contributed by atoms with Gasteiger partial charge in [0, 0.05) is 12.6 Å². The van der Waals surface area contributed by atoms with Crippen LogP contribution >= 0.6 is 0 Å². The van der Waals surface area contributed by atoms with E-state index in [2.05, 4.69) is 5.32 Å². The highest BCUT2D eigenvalue weighted by Crippen LogP contribution is 2.34. The number of rotatable bonds is 5. The molecule has 1 atom stereocenters. The van der Waals surface area contributed by atoms with Crippen LogP contribution in [-0.4, -0.2) is 22.5 Å². The highest BCUT2D eigenvalue weighted by molar-refractivity contribution is 5.71. The molecule has 1 unspecified atom stereocenters. The summed E-state index contributed by atoms with van der Waals surface area (Å²) in [6.07, 6.45) is -4.68. The maximum absolute atomic E-state index is 12.5. The standard InChI is InChI=1S/C11H11F3N2O4/c1-6(10(17)18)5-15-8-3-2-7(11(12,13)14)4-9(8)16(19)20/h2-4,6,15H,5H2,1H3,(H,17,18). The van der Waals surface area contributed by atoms with Gasteiger partial charge in [0.15, 0.2) is 0 Å². The van der Waals surface area contributed by atoms with E-state index in [1.54, 1.807) is 0 Å². The van der Waals surface area contributed by atoms with Crippen molar-refractivity contribution in [1.82, 2.24) is 0 Å². The minimum absolute atomic E-state index is 0.137. The van der Waals surface area contributed by atoms with Crippen molar-refractivity contribution in [1.29, 1.82) is 0 Å². The molecule has 0 aliphatic heterocycles. The molecule has 0 fully saturated rings. The molecule has 0 spiro atoms. The summed E-state index contributed by atoms with van der Waals surface area (Å²) in [6.45, 7) is 1.23. The molecule has 110 valence electrons. The van der Waals surface area contributed by atoms with Gasteiger partial charge in [0.25, 0.3) is 5.69 Å². The number of carboxylic acids is 1. The highest BCUT2D eigenvalue weighted by Gasteiger charge is 2.33. The van der Waals surface area contributed by atoms with Crippen LogP contribution < -0.4 is 5.32 Å². The zero-order chi connectivity index (χ0) is 15.5. The first-order valence-corrected chi connectivity index (χ1v) is 5.45. The Morgan fingerprint density at radius 3 is 2.55 bits per heavy atom. The van der Waals surface area contributed by atoms with Crippen LogP contribution in [0.4, 0.5) is 24.5 Å². The van der Waals surface area contributed by atoms with Crippen LogP contribution in [0.5, 0.6) is 0 Å². The molecule has 0 bridgehead atoms. The Bertz CT molecular complexity index is 531. The Kier molecular flexibility index (Phi) is 4.53. The predicted molar refractivity (Wildman–Crippen MR) is 63.4 cm³/mol. The number of halogens is 3.